The molecule has 4 nitrogen and oxygen atoms in total. The molecule has 0 fully saturated rings. The Balaban J connectivity index is 1.61. The molecule has 0 spiro atoms. The maximum Gasteiger partial charge on any atom is 0.271 e. The third-order valence-corrected chi connectivity index (χ3v) is 3.75. The van der Waals surface area contributed by atoms with Gasteiger partial charge in [0.2, 0.25) is 0 Å². The highest BCUT2D eigenvalue weighted by Crippen LogP contribution is 2.27. The zero-order valence-corrected chi connectivity index (χ0v) is 12.5. The Bertz CT molecular complexity index is 666. The lowest BCUT2D eigenvalue weighted by atomic mass is 10.1. The number of rotatable bonds is 3. The quantitative estimate of drug-likeness (QED) is 0.883. The molecule has 1 aliphatic heterocycles. The minimum atomic E-state index is -0.359. The Morgan fingerprint density at radius 3 is 2.90 bits per heavy atom. The summed E-state index contributed by atoms with van der Waals surface area (Å²) in [6, 6.07) is 10.9. The average Bonchev–Trinajstić information content (AvgIpc) is 2.90. The van der Waals surface area contributed by atoms with Gasteiger partial charge in [-0.3, -0.25) is 4.79 Å². The lowest BCUT2D eigenvalue weighted by Gasteiger charge is -2.12. The highest BCUT2D eigenvalue weighted by Gasteiger charge is 2.23. The van der Waals surface area contributed by atoms with Gasteiger partial charge in [-0.1, -0.05) is 41.4 Å². The lowest BCUT2D eigenvalue weighted by molar-refractivity contribution is 0.0928. The molecule has 1 aliphatic rings. The first-order valence-corrected chi connectivity index (χ1v) is 7.24. The van der Waals surface area contributed by atoms with Crippen molar-refractivity contribution in [3.63, 3.8) is 0 Å². The molecule has 3 rings (SSSR count). The van der Waals surface area contributed by atoms with Crippen LogP contribution in [0.1, 0.15) is 16.1 Å². The van der Waals surface area contributed by atoms with Crippen molar-refractivity contribution in [2.24, 2.45) is 0 Å². The summed E-state index contributed by atoms with van der Waals surface area (Å²) in [5.41, 5.74) is 1.27. The van der Waals surface area contributed by atoms with E-state index >= 15 is 0 Å². The van der Waals surface area contributed by atoms with E-state index in [2.05, 4.69) is 10.3 Å². The molecule has 2 heterocycles. The summed E-state index contributed by atoms with van der Waals surface area (Å²) in [7, 11) is 0. The summed E-state index contributed by atoms with van der Waals surface area (Å²) in [5.74, 6) is 0.512. The van der Waals surface area contributed by atoms with Crippen LogP contribution in [0.3, 0.4) is 0 Å². The number of carbonyl (C=O) groups excluding carboxylic acids is 1. The predicted molar refractivity (Wildman–Crippen MR) is 81.2 cm³/mol. The van der Waals surface area contributed by atoms with Crippen molar-refractivity contribution in [2.45, 2.75) is 12.5 Å². The van der Waals surface area contributed by atoms with Gasteiger partial charge in [-0.15, -0.1) is 0 Å². The smallest absolute Gasteiger partial charge is 0.271 e. The molecule has 0 bridgehead atoms. The highest BCUT2D eigenvalue weighted by atomic mass is 35.5. The first kappa shape index (κ1) is 14.2. The molecule has 1 unspecified atom stereocenters. The fraction of sp³-hybridized carbons (Fsp3) is 0.200. The van der Waals surface area contributed by atoms with Gasteiger partial charge >= 0.3 is 0 Å². The van der Waals surface area contributed by atoms with E-state index in [0.29, 0.717) is 6.54 Å². The summed E-state index contributed by atoms with van der Waals surface area (Å²) in [6.07, 6.45) is 0.692. The molecular formula is C15H12Cl2N2O2. The van der Waals surface area contributed by atoms with Crippen LogP contribution in [0, 0.1) is 0 Å². The number of pyridine rings is 1. The van der Waals surface area contributed by atoms with Crippen molar-refractivity contribution < 1.29 is 9.53 Å². The van der Waals surface area contributed by atoms with E-state index in [-0.39, 0.29) is 27.9 Å². The molecule has 1 N–H and O–H groups in total. The van der Waals surface area contributed by atoms with Crippen LogP contribution < -0.4 is 10.1 Å². The third-order valence-electron chi connectivity index (χ3n) is 3.23. The standard InChI is InChI=1S/C15H12Cl2N2O2/c16-11-5-6-13(17)19-14(11)15(20)18-8-10-7-9-3-1-2-4-12(9)21-10/h1-6,10H,7-8H2,(H,18,20). The van der Waals surface area contributed by atoms with Gasteiger partial charge in [0.1, 0.15) is 22.7 Å². The van der Waals surface area contributed by atoms with Crippen LogP contribution in [0.25, 0.3) is 0 Å². The monoisotopic (exact) mass is 322 g/mol. The number of halogens is 2. The van der Waals surface area contributed by atoms with Crippen molar-refractivity contribution in [2.75, 3.05) is 6.54 Å². The molecular weight excluding hydrogens is 311 g/mol. The fourth-order valence-corrected chi connectivity index (χ4v) is 2.57. The predicted octanol–water partition coefficient (Wildman–Crippen LogP) is 3.12. The largest absolute Gasteiger partial charge is 0.488 e. The molecule has 108 valence electrons. The molecule has 6 heteroatoms. The maximum absolute atomic E-state index is 12.1. The van der Waals surface area contributed by atoms with Crippen LogP contribution in [0.5, 0.6) is 5.75 Å². The van der Waals surface area contributed by atoms with Gasteiger partial charge in [-0.2, -0.15) is 0 Å². The number of hydrogen-bond donors (Lipinski definition) is 1. The zero-order valence-electron chi connectivity index (χ0n) is 11.0. The van der Waals surface area contributed by atoms with Crippen molar-refractivity contribution >= 4 is 29.1 Å². The third kappa shape index (κ3) is 3.12. The number of nitrogens with zero attached hydrogens (tertiary/aromatic N) is 1. The second-order valence-electron chi connectivity index (χ2n) is 4.73. The van der Waals surface area contributed by atoms with E-state index in [4.69, 9.17) is 27.9 Å². The maximum atomic E-state index is 12.1. The Morgan fingerprint density at radius 1 is 1.29 bits per heavy atom. The van der Waals surface area contributed by atoms with E-state index in [1.165, 1.54) is 6.07 Å². The van der Waals surface area contributed by atoms with Crippen LogP contribution in [0.2, 0.25) is 10.2 Å². The topological polar surface area (TPSA) is 51.2 Å². The summed E-state index contributed by atoms with van der Waals surface area (Å²) >= 11 is 11.7. The molecule has 1 aromatic heterocycles. The van der Waals surface area contributed by atoms with Crippen LogP contribution in [-0.4, -0.2) is 23.5 Å². The van der Waals surface area contributed by atoms with Crippen molar-refractivity contribution in [1.29, 1.82) is 0 Å². The number of benzene rings is 1. The van der Waals surface area contributed by atoms with Crippen molar-refractivity contribution in [3.8, 4) is 5.75 Å². The number of carbonyl (C=O) groups is 1. The van der Waals surface area contributed by atoms with Crippen LogP contribution in [0.15, 0.2) is 36.4 Å². The van der Waals surface area contributed by atoms with E-state index in [0.717, 1.165) is 17.7 Å². The lowest BCUT2D eigenvalue weighted by Crippen LogP contribution is -2.35. The van der Waals surface area contributed by atoms with Crippen LogP contribution in [0.4, 0.5) is 0 Å². The number of ether oxygens (including phenoxy) is 1. The number of amides is 1. The van der Waals surface area contributed by atoms with Gasteiger partial charge < -0.3 is 10.1 Å². The Hall–Kier alpha value is -1.78. The molecule has 0 saturated carbocycles. The van der Waals surface area contributed by atoms with Gasteiger partial charge in [0, 0.05) is 6.42 Å². The summed E-state index contributed by atoms with van der Waals surface area (Å²) < 4.78 is 5.75. The highest BCUT2D eigenvalue weighted by molar-refractivity contribution is 6.34. The Kier molecular flexibility index (Phi) is 3.99. The molecule has 0 radical (unpaired) electrons. The van der Waals surface area contributed by atoms with Crippen LogP contribution in [-0.2, 0) is 6.42 Å². The molecule has 1 amide bonds. The van der Waals surface area contributed by atoms with Crippen LogP contribution >= 0.6 is 23.2 Å². The number of nitrogens with one attached hydrogen (secondary N) is 1. The molecule has 1 atom stereocenters. The van der Waals surface area contributed by atoms with Gasteiger partial charge in [-0.05, 0) is 23.8 Å². The first-order valence-electron chi connectivity index (χ1n) is 6.48. The summed E-state index contributed by atoms with van der Waals surface area (Å²) in [4.78, 5) is 16.0. The molecule has 2 aromatic rings. The van der Waals surface area contributed by atoms with Crippen molar-refractivity contribution in [1.82, 2.24) is 10.3 Å². The van der Waals surface area contributed by atoms with Gasteiger partial charge in [-0.25, -0.2) is 4.98 Å². The Labute approximate surface area is 132 Å². The average molecular weight is 323 g/mol. The van der Waals surface area contributed by atoms with Gasteiger partial charge in [0.15, 0.2) is 0 Å². The summed E-state index contributed by atoms with van der Waals surface area (Å²) in [6.45, 7) is 0.387. The number of fused-ring (bicyclic) bond motifs is 1. The van der Waals surface area contributed by atoms with E-state index in [9.17, 15) is 4.79 Å². The second kappa shape index (κ2) is 5.92. The van der Waals surface area contributed by atoms with Crippen molar-refractivity contribution in [3.05, 3.63) is 57.8 Å². The fourth-order valence-electron chi connectivity index (χ4n) is 2.24. The SMILES string of the molecule is O=C(NCC1Cc2ccccc2O1)c1nc(Cl)ccc1Cl. The number of aromatic nitrogens is 1. The first-order chi connectivity index (χ1) is 10.1. The minimum Gasteiger partial charge on any atom is -0.488 e. The number of para-hydroxylation sites is 1. The molecule has 21 heavy (non-hydrogen) atoms. The minimum absolute atomic E-state index is 0.0793. The Morgan fingerprint density at radius 2 is 2.10 bits per heavy atom. The zero-order chi connectivity index (χ0) is 14.8. The van der Waals surface area contributed by atoms with Gasteiger partial charge in [0.25, 0.3) is 5.91 Å². The molecule has 0 saturated heterocycles. The van der Waals surface area contributed by atoms with E-state index in [1.54, 1.807) is 6.07 Å². The normalized spacial score (nSPS) is 16.2. The van der Waals surface area contributed by atoms with E-state index < -0.39 is 0 Å². The molecule has 1 aromatic carbocycles. The second-order valence-corrected chi connectivity index (χ2v) is 5.52. The number of hydrogen-bond acceptors (Lipinski definition) is 3. The molecule has 0 aliphatic carbocycles. The van der Waals surface area contributed by atoms with E-state index in [1.807, 2.05) is 24.3 Å². The van der Waals surface area contributed by atoms with Gasteiger partial charge in [0.05, 0.1) is 11.6 Å². The summed E-state index contributed by atoms with van der Waals surface area (Å²) in [5, 5.41) is 3.28.